The molecular weight excluding hydrogens is 386 g/mol. The maximum Gasteiger partial charge on any atom is 0.251 e. The van der Waals surface area contributed by atoms with E-state index in [0.29, 0.717) is 17.3 Å². The summed E-state index contributed by atoms with van der Waals surface area (Å²) in [5, 5.41) is 4.46. The molecule has 0 aliphatic carbocycles. The Bertz CT molecular complexity index is 1020. The van der Waals surface area contributed by atoms with Crippen LogP contribution in [0.1, 0.15) is 27.5 Å². The first-order valence-electron chi connectivity index (χ1n) is 9.83. The fourth-order valence-electron chi connectivity index (χ4n) is 3.76. The van der Waals surface area contributed by atoms with E-state index in [4.69, 9.17) is 16.3 Å². The topological polar surface area (TPSA) is 54.5 Å². The molecule has 0 saturated carbocycles. The lowest BCUT2D eigenvalue weighted by atomic mass is 10.0. The standard InChI is InChI=1S/C23H24ClN3O2/c1-16-3-2-4-18(13-16)21(27-9-11-29-12-10-27)15-25-23(28)19-5-7-20-17(14-19)6-8-22(24)26-20/h2-8,13-14,21H,9-12,15H2,1H3,(H,25,28). The van der Waals surface area contributed by atoms with E-state index in [1.165, 1.54) is 11.1 Å². The van der Waals surface area contributed by atoms with Crippen LogP contribution >= 0.6 is 11.6 Å². The zero-order valence-electron chi connectivity index (χ0n) is 16.4. The molecule has 3 aromatic rings. The maximum atomic E-state index is 12.8. The van der Waals surface area contributed by atoms with Crippen molar-refractivity contribution in [1.82, 2.24) is 15.2 Å². The molecule has 1 saturated heterocycles. The highest BCUT2D eigenvalue weighted by Crippen LogP contribution is 2.23. The Kier molecular flexibility index (Phi) is 6.09. The Balaban J connectivity index is 1.51. The number of carbonyl (C=O) groups excluding carboxylic acids is 1. The maximum absolute atomic E-state index is 12.8. The highest BCUT2D eigenvalue weighted by Gasteiger charge is 2.23. The number of rotatable bonds is 5. The number of hydrogen-bond donors (Lipinski definition) is 1. The Morgan fingerprint density at radius 3 is 2.79 bits per heavy atom. The molecule has 1 aromatic heterocycles. The smallest absolute Gasteiger partial charge is 0.251 e. The van der Waals surface area contributed by atoms with Gasteiger partial charge in [-0.1, -0.05) is 41.4 Å². The normalized spacial score (nSPS) is 15.9. The molecule has 1 fully saturated rings. The Hall–Kier alpha value is -2.47. The van der Waals surface area contributed by atoms with Crippen molar-refractivity contribution in [1.29, 1.82) is 0 Å². The summed E-state index contributed by atoms with van der Waals surface area (Å²) in [6.45, 7) is 5.79. The van der Waals surface area contributed by atoms with Gasteiger partial charge >= 0.3 is 0 Å². The van der Waals surface area contributed by atoms with Gasteiger partial charge in [-0.05, 0) is 42.8 Å². The largest absolute Gasteiger partial charge is 0.379 e. The van der Waals surface area contributed by atoms with E-state index in [2.05, 4.69) is 46.4 Å². The first-order valence-corrected chi connectivity index (χ1v) is 10.2. The van der Waals surface area contributed by atoms with E-state index in [-0.39, 0.29) is 11.9 Å². The SMILES string of the molecule is Cc1cccc(C(CNC(=O)c2ccc3nc(Cl)ccc3c2)N2CCOCC2)c1. The van der Waals surface area contributed by atoms with Gasteiger partial charge in [-0.3, -0.25) is 9.69 Å². The number of fused-ring (bicyclic) bond motifs is 1. The lowest BCUT2D eigenvalue weighted by molar-refractivity contribution is 0.0162. The third kappa shape index (κ3) is 4.75. The summed E-state index contributed by atoms with van der Waals surface area (Å²) >= 11 is 5.94. The third-order valence-electron chi connectivity index (χ3n) is 5.29. The van der Waals surface area contributed by atoms with E-state index in [9.17, 15) is 4.79 Å². The third-order valence-corrected chi connectivity index (χ3v) is 5.50. The van der Waals surface area contributed by atoms with Crippen LogP contribution in [0.5, 0.6) is 0 Å². The van der Waals surface area contributed by atoms with Crippen LogP contribution in [0, 0.1) is 6.92 Å². The fourth-order valence-corrected chi connectivity index (χ4v) is 3.91. The van der Waals surface area contributed by atoms with Crippen LogP contribution in [0.2, 0.25) is 5.15 Å². The van der Waals surface area contributed by atoms with Crippen LogP contribution in [-0.2, 0) is 4.74 Å². The molecule has 29 heavy (non-hydrogen) atoms. The minimum atomic E-state index is -0.0900. The highest BCUT2D eigenvalue weighted by atomic mass is 35.5. The number of benzene rings is 2. The number of carbonyl (C=O) groups is 1. The molecule has 150 valence electrons. The molecular formula is C23H24ClN3O2. The number of halogens is 1. The van der Waals surface area contributed by atoms with Gasteiger partial charge in [-0.2, -0.15) is 0 Å². The predicted molar refractivity (Wildman–Crippen MR) is 115 cm³/mol. The molecule has 1 amide bonds. The summed E-state index contributed by atoms with van der Waals surface area (Å²) in [7, 11) is 0. The zero-order valence-corrected chi connectivity index (χ0v) is 17.2. The van der Waals surface area contributed by atoms with Crippen molar-refractivity contribution in [2.75, 3.05) is 32.8 Å². The summed E-state index contributed by atoms with van der Waals surface area (Å²) in [5.74, 6) is -0.0900. The van der Waals surface area contributed by atoms with E-state index in [1.807, 2.05) is 18.2 Å². The Labute approximate surface area is 175 Å². The van der Waals surface area contributed by atoms with Crippen molar-refractivity contribution in [3.63, 3.8) is 0 Å². The van der Waals surface area contributed by atoms with Gasteiger partial charge in [0.05, 0.1) is 24.8 Å². The Morgan fingerprint density at radius 2 is 2.00 bits per heavy atom. The first-order chi connectivity index (χ1) is 14.1. The van der Waals surface area contributed by atoms with E-state index in [1.54, 1.807) is 12.1 Å². The second-order valence-corrected chi connectivity index (χ2v) is 7.72. The number of hydrogen-bond acceptors (Lipinski definition) is 4. The lowest BCUT2D eigenvalue weighted by Gasteiger charge is -2.35. The van der Waals surface area contributed by atoms with Gasteiger partial charge in [0.2, 0.25) is 0 Å². The molecule has 1 aliphatic heterocycles. The molecule has 4 rings (SSSR count). The summed E-state index contributed by atoms with van der Waals surface area (Å²) < 4.78 is 5.51. The van der Waals surface area contributed by atoms with E-state index in [0.717, 1.165) is 37.2 Å². The zero-order chi connectivity index (χ0) is 20.2. The lowest BCUT2D eigenvalue weighted by Crippen LogP contribution is -2.43. The van der Waals surface area contributed by atoms with Crippen LogP contribution in [-0.4, -0.2) is 48.6 Å². The minimum absolute atomic E-state index is 0.0900. The molecule has 1 atom stereocenters. The molecule has 2 heterocycles. The van der Waals surface area contributed by atoms with Gasteiger partial charge in [0, 0.05) is 30.6 Å². The number of amides is 1. The van der Waals surface area contributed by atoms with Crippen molar-refractivity contribution in [2.45, 2.75) is 13.0 Å². The predicted octanol–water partition coefficient (Wildman–Crippen LogP) is 4.00. The van der Waals surface area contributed by atoms with Crippen LogP contribution in [0.3, 0.4) is 0 Å². The molecule has 1 unspecified atom stereocenters. The van der Waals surface area contributed by atoms with Gasteiger partial charge in [-0.25, -0.2) is 4.98 Å². The summed E-state index contributed by atoms with van der Waals surface area (Å²) in [4.78, 5) is 19.5. The van der Waals surface area contributed by atoms with E-state index < -0.39 is 0 Å². The summed E-state index contributed by atoms with van der Waals surface area (Å²) in [6.07, 6.45) is 0. The van der Waals surface area contributed by atoms with Gasteiger partial charge in [0.25, 0.3) is 5.91 Å². The molecule has 6 heteroatoms. The highest BCUT2D eigenvalue weighted by molar-refractivity contribution is 6.29. The van der Waals surface area contributed by atoms with Gasteiger partial charge in [0.1, 0.15) is 5.15 Å². The van der Waals surface area contributed by atoms with Gasteiger partial charge in [0.15, 0.2) is 0 Å². The molecule has 0 bridgehead atoms. The molecule has 0 spiro atoms. The number of ether oxygens (including phenoxy) is 1. The van der Waals surface area contributed by atoms with Gasteiger partial charge in [-0.15, -0.1) is 0 Å². The Morgan fingerprint density at radius 1 is 1.17 bits per heavy atom. The van der Waals surface area contributed by atoms with E-state index >= 15 is 0 Å². The van der Waals surface area contributed by atoms with Crippen molar-refractivity contribution >= 4 is 28.4 Å². The molecule has 0 radical (unpaired) electrons. The molecule has 1 N–H and O–H groups in total. The van der Waals surface area contributed by atoms with Crippen molar-refractivity contribution < 1.29 is 9.53 Å². The van der Waals surface area contributed by atoms with Crippen LogP contribution < -0.4 is 5.32 Å². The van der Waals surface area contributed by atoms with Crippen LogP contribution in [0.25, 0.3) is 10.9 Å². The number of nitrogens with one attached hydrogen (secondary N) is 1. The average Bonchev–Trinajstić information content (AvgIpc) is 2.74. The number of pyridine rings is 1. The first kappa shape index (κ1) is 19.8. The molecule has 2 aromatic carbocycles. The van der Waals surface area contributed by atoms with Crippen LogP contribution in [0.15, 0.2) is 54.6 Å². The molecule has 1 aliphatic rings. The minimum Gasteiger partial charge on any atom is -0.379 e. The molecule has 5 nitrogen and oxygen atoms in total. The number of aryl methyl sites for hydroxylation is 1. The monoisotopic (exact) mass is 409 g/mol. The summed E-state index contributed by atoms with van der Waals surface area (Å²) in [5.41, 5.74) is 3.82. The average molecular weight is 410 g/mol. The number of nitrogens with zero attached hydrogens (tertiary/aromatic N) is 2. The quantitative estimate of drug-likeness (QED) is 0.647. The number of morpholine rings is 1. The van der Waals surface area contributed by atoms with Crippen molar-refractivity contribution in [3.8, 4) is 0 Å². The van der Waals surface area contributed by atoms with Crippen molar-refractivity contribution in [2.24, 2.45) is 0 Å². The summed E-state index contributed by atoms with van der Waals surface area (Å²) in [6, 6.07) is 17.7. The second kappa shape index (κ2) is 8.91. The number of aromatic nitrogens is 1. The van der Waals surface area contributed by atoms with Crippen molar-refractivity contribution in [3.05, 3.63) is 76.4 Å². The van der Waals surface area contributed by atoms with Crippen LogP contribution in [0.4, 0.5) is 0 Å². The fraction of sp³-hybridized carbons (Fsp3) is 0.304. The second-order valence-electron chi connectivity index (χ2n) is 7.33. The van der Waals surface area contributed by atoms with Gasteiger partial charge < -0.3 is 10.1 Å².